The van der Waals surface area contributed by atoms with E-state index >= 15 is 0 Å². The Kier molecular flexibility index (Phi) is 9.01. The van der Waals surface area contributed by atoms with Crippen LogP contribution < -0.4 is 0 Å². The van der Waals surface area contributed by atoms with Crippen LogP contribution in [-0.2, 0) is 12.8 Å². The minimum Gasteiger partial charge on any atom is -0.115 e. The average molecular weight is 519 g/mol. The van der Waals surface area contributed by atoms with Crippen molar-refractivity contribution in [1.82, 2.24) is 0 Å². The second-order valence-electron chi connectivity index (χ2n) is 11.3. The number of terminal acetylenes is 2. The molecule has 0 aromatic heterocycles. The van der Waals surface area contributed by atoms with Crippen molar-refractivity contribution in [3.8, 4) is 35.8 Å². The lowest BCUT2D eigenvalue weighted by Crippen LogP contribution is -2.23. The Bertz CT molecular complexity index is 1460. The molecule has 0 bridgehead atoms. The van der Waals surface area contributed by atoms with E-state index in [1.807, 2.05) is 12.1 Å². The van der Waals surface area contributed by atoms with Gasteiger partial charge >= 0.3 is 0 Å². The van der Waals surface area contributed by atoms with Gasteiger partial charge in [-0.25, -0.2) is 0 Å². The lowest BCUT2D eigenvalue weighted by Gasteiger charge is -2.35. The summed E-state index contributed by atoms with van der Waals surface area (Å²) in [6.45, 7) is 4.69. The summed E-state index contributed by atoms with van der Waals surface area (Å²) in [7, 11) is 0. The van der Waals surface area contributed by atoms with Crippen molar-refractivity contribution in [2.24, 2.45) is 11.8 Å². The van der Waals surface area contributed by atoms with Gasteiger partial charge in [0.1, 0.15) is 0 Å². The van der Waals surface area contributed by atoms with Crippen LogP contribution in [0.3, 0.4) is 0 Å². The summed E-state index contributed by atoms with van der Waals surface area (Å²) in [5.74, 6) is 7.18. The summed E-state index contributed by atoms with van der Waals surface area (Å²) in [4.78, 5) is 0. The molecule has 40 heavy (non-hydrogen) atoms. The van der Waals surface area contributed by atoms with Gasteiger partial charge < -0.3 is 0 Å². The smallest absolute Gasteiger partial charge is 0.0243 e. The van der Waals surface area contributed by atoms with Crippen molar-refractivity contribution in [3.05, 3.63) is 143 Å². The van der Waals surface area contributed by atoms with E-state index < -0.39 is 0 Å². The number of allylic oxidation sites excluding steroid dienone is 1. The standard InChI is InChI=1S/C40H38/c1-4-31-13-15-34(16-14-31)29-35-19-23-38(24-20-35)40(30(3)11-12-33-9-7-6-8-10-33)39-27-25-37(26-28-39)36-21-17-32(5-2)18-22-36/h1-2,6-10,13-18,21-22,25-28,35,38,40H,3,11-12,19-20,23-24,29H2. The highest BCUT2D eigenvalue weighted by Gasteiger charge is 2.30. The molecule has 0 heteroatoms. The monoisotopic (exact) mass is 518 g/mol. The van der Waals surface area contributed by atoms with Gasteiger partial charge in [-0.3, -0.25) is 0 Å². The van der Waals surface area contributed by atoms with Crippen LogP contribution in [0.15, 0.2) is 115 Å². The molecule has 5 rings (SSSR count). The van der Waals surface area contributed by atoms with Crippen LogP contribution >= 0.6 is 0 Å². The van der Waals surface area contributed by atoms with Crippen molar-refractivity contribution in [2.75, 3.05) is 0 Å². The fraction of sp³-hybridized carbons (Fsp3) is 0.250. The molecule has 1 saturated carbocycles. The van der Waals surface area contributed by atoms with Crippen molar-refractivity contribution < 1.29 is 0 Å². The van der Waals surface area contributed by atoms with E-state index in [4.69, 9.17) is 12.8 Å². The second-order valence-corrected chi connectivity index (χ2v) is 11.3. The molecule has 0 amide bonds. The second kappa shape index (κ2) is 13.2. The minimum atomic E-state index is 0.387. The molecular weight excluding hydrogens is 480 g/mol. The Balaban J connectivity index is 1.30. The molecule has 0 saturated heterocycles. The van der Waals surface area contributed by atoms with Crippen molar-refractivity contribution in [3.63, 3.8) is 0 Å². The van der Waals surface area contributed by atoms with E-state index in [9.17, 15) is 0 Å². The fourth-order valence-corrected chi connectivity index (χ4v) is 6.38. The molecule has 0 aliphatic heterocycles. The number of benzene rings is 4. The summed E-state index contributed by atoms with van der Waals surface area (Å²) >= 11 is 0. The first-order valence-corrected chi connectivity index (χ1v) is 14.6. The summed E-state index contributed by atoms with van der Waals surface area (Å²) in [5, 5.41) is 0. The Morgan fingerprint density at radius 3 is 1.80 bits per heavy atom. The average Bonchev–Trinajstić information content (AvgIpc) is 3.02. The van der Waals surface area contributed by atoms with Gasteiger partial charge in [-0.1, -0.05) is 103 Å². The molecule has 0 heterocycles. The highest BCUT2D eigenvalue weighted by molar-refractivity contribution is 5.65. The zero-order chi connectivity index (χ0) is 27.7. The molecule has 198 valence electrons. The molecule has 1 aliphatic rings. The number of hydrogen-bond donors (Lipinski definition) is 0. The topological polar surface area (TPSA) is 0 Å². The van der Waals surface area contributed by atoms with Gasteiger partial charge in [0.25, 0.3) is 0 Å². The molecule has 0 nitrogen and oxygen atoms in total. The molecule has 1 fully saturated rings. The molecule has 0 N–H and O–H groups in total. The van der Waals surface area contributed by atoms with Crippen LogP contribution in [0, 0.1) is 36.5 Å². The van der Waals surface area contributed by atoms with Gasteiger partial charge in [-0.15, -0.1) is 12.8 Å². The Labute approximate surface area is 241 Å². The predicted octanol–water partition coefficient (Wildman–Crippen LogP) is 9.64. The van der Waals surface area contributed by atoms with Gasteiger partial charge in [0.05, 0.1) is 0 Å². The van der Waals surface area contributed by atoms with Gasteiger partial charge in [-0.05, 0) is 109 Å². The molecule has 4 aromatic carbocycles. The number of rotatable bonds is 9. The third-order valence-electron chi connectivity index (χ3n) is 8.68. The van der Waals surface area contributed by atoms with Crippen LogP contribution in [0.2, 0.25) is 0 Å². The highest BCUT2D eigenvalue weighted by Crippen LogP contribution is 2.44. The first-order valence-electron chi connectivity index (χ1n) is 14.6. The molecule has 0 radical (unpaired) electrons. The first-order chi connectivity index (χ1) is 19.6. The number of aryl methyl sites for hydroxylation is 1. The third kappa shape index (κ3) is 6.84. The highest BCUT2D eigenvalue weighted by atomic mass is 14.3. The Morgan fingerprint density at radius 2 is 1.23 bits per heavy atom. The quantitative estimate of drug-likeness (QED) is 0.153. The number of hydrogen-bond acceptors (Lipinski definition) is 0. The minimum absolute atomic E-state index is 0.387. The maximum absolute atomic E-state index is 5.55. The van der Waals surface area contributed by atoms with E-state index in [2.05, 4.69) is 109 Å². The fourth-order valence-electron chi connectivity index (χ4n) is 6.38. The van der Waals surface area contributed by atoms with E-state index in [1.165, 1.54) is 59.1 Å². The maximum Gasteiger partial charge on any atom is 0.0243 e. The molecule has 0 spiro atoms. The van der Waals surface area contributed by atoms with Crippen LogP contribution in [0.4, 0.5) is 0 Å². The van der Waals surface area contributed by atoms with Crippen molar-refractivity contribution in [1.29, 1.82) is 0 Å². The van der Waals surface area contributed by atoms with Gasteiger partial charge in [-0.2, -0.15) is 0 Å². The lowest BCUT2D eigenvalue weighted by molar-refractivity contribution is 0.252. The van der Waals surface area contributed by atoms with Crippen LogP contribution in [-0.4, -0.2) is 0 Å². The Hall–Kier alpha value is -4.26. The van der Waals surface area contributed by atoms with Gasteiger partial charge in [0, 0.05) is 17.0 Å². The zero-order valence-corrected chi connectivity index (χ0v) is 23.4. The largest absolute Gasteiger partial charge is 0.115 e. The molecular formula is C40H38. The normalized spacial score (nSPS) is 17.4. The van der Waals surface area contributed by atoms with Gasteiger partial charge in [0.2, 0.25) is 0 Å². The van der Waals surface area contributed by atoms with Crippen LogP contribution in [0.25, 0.3) is 11.1 Å². The summed E-state index contributed by atoms with van der Waals surface area (Å²) in [6.07, 6.45) is 19.3. The van der Waals surface area contributed by atoms with Crippen molar-refractivity contribution >= 4 is 0 Å². The lowest BCUT2D eigenvalue weighted by atomic mass is 9.69. The zero-order valence-electron chi connectivity index (χ0n) is 23.4. The van der Waals surface area contributed by atoms with E-state index in [0.717, 1.165) is 36.3 Å². The molecule has 4 aromatic rings. The van der Waals surface area contributed by atoms with E-state index in [-0.39, 0.29) is 0 Å². The maximum atomic E-state index is 5.55. The summed E-state index contributed by atoms with van der Waals surface area (Å²) in [5.41, 5.74) is 9.83. The summed E-state index contributed by atoms with van der Waals surface area (Å²) in [6, 6.07) is 36.8. The van der Waals surface area contributed by atoms with E-state index in [1.54, 1.807) is 0 Å². The van der Waals surface area contributed by atoms with E-state index in [0.29, 0.717) is 11.8 Å². The first kappa shape index (κ1) is 27.3. The SMILES string of the molecule is C#Cc1ccc(CC2CCC(C(C(=C)CCc3ccccc3)c3ccc(-c4ccc(C#C)cc4)cc3)CC2)cc1. The molecule has 1 unspecified atom stereocenters. The molecule has 1 atom stereocenters. The predicted molar refractivity (Wildman–Crippen MR) is 170 cm³/mol. The molecule has 1 aliphatic carbocycles. The van der Waals surface area contributed by atoms with Crippen LogP contribution in [0.5, 0.6) is 0 Å². The summed E-state index contributed by atoms with van der Waals surface area (Å²) < 4.78 is 0. The van der Waals surface area contributed by atoms with Crippen LogP contribution in [0.1, 0.15) is 65.8 Å². The van der Waals surface area contributed by atoms with Crippen molar-refractivity contribution in [2.45, 2.75) is 50.9 Å². The van der Waals surface area contributed by atoms with Gasteiger partial charge in [0.15, 0.2) is 0 Å². The third-order valence-corrected chi connectivity index (χ3v) is 8.68. The Morgan fingerprint density at radius 1 is 0.675 bits per heavy atom.